The number of sulfonamides is 1. The maximum atomic E-state index is 13.5. The summed E-state index contributed by atoms with van der Waals surface area (Å²) in [5.41, 5.74) is 2.10. The fraction of sp³-hybridized carbons (Fsp3) is 0.391. The molecule has 1 heterocycles. The molecule has 0 aromatic heterocycles. The quantitative estimate of drug-likeness (QED) is 0.430. The number of Topliss-reactive ketones (excluding diaryl/α,β-unsaturated/α-hetero) is 1. The van der Waals surface area contributed by atoms with Crippen molar-refractivity contribution in [3.05, 3.63) is 52.1 Å². The zero-order chi connectivity index (χ0) is 23.1. The van der Waals surface area contributed by atoms with Crippen LogP contribution in [0.5, 0.6) is 11.5 Å². The highest BCUT2D eigenvalue weighted by Crippen LogP contribution is 2.44. The van der Waals surface area contributed by atoms with Crippen LogP contribution in [-0.4, -0.2) is 32.8 Å². The highest BCUT2D eigenvalue weighted by molar-refractivity contribution is 7.89. The number of nitrogens with one attached hydrogen (secondary N) is 1. The second-order valence-corrected chi connectivity index (χ2v) is 9.83. The first-order valence-electron chi connectivity index (χ1n) is 10.0. The number of rotatable bonds is 5. The standard InChI is InChI=1S/C23H27NO6S/c1-13-14(2)21-17(15(3)20(13)29-16(4)25)11-12-23(5,30-21)22(26)18-9-7-8-10-19(18)31(27,28)24-6/h7-10,24H,11-12H2,1-6H3. The summed E-state index contributed by atoms with van der Waals surface area (Å²) in [4.78, 5) is 25.0. The van der Waals surface area contributed by atoms with Crippen LogP contribution >= 0.6 is 0 Å². The van der Waals surface area contributed by atoms with Crippen molar-refractivity contribution in [1.29, 1.82) is 0 Å². The van der Waals surface area contributed by atoms with Crippen molar-refractivity contribution in [3.63, 3.8) is 0 Å². The Bertz CT molecular complexity index is 1190. The van der Waals surface area contributed by atoms with Crippen LogP contribution in [0.15, 0.2) is 29.2 Å². The summed E-state index contributed by atoms with van der Waals surface area (Å²) in [7, 11) is -2.51. The molecule has 1 N–H and O–H groups in total. The Morgan fingerprint density at radius 3 is 2.35 bits per heavy atom. The van der Waals surface area contributed by atoms with Gasteiger partial charge in [0.15, 0.2) is 5.60 Å². The van der Waals surface area contributed by atoms with Crippen LogP contribution in [0.3, 0.4) is 0 Å². The smallest absolute Gasteiger partial charge is 0.308 e. The van der Waals surface area contributed by atoms with Crippen LogP contribution in [0.25, 0.3) is 0 Å². The maximum absolute atomic E-state index is 13.5. The van der Waals surface area contributed by atoms with E-state index in [0.717, 1.165) is 22.3 Å². The van der Waals surface area contributed by atoms with Crippen LogP contribution in [0, 0.1) is 20.8 Å². The third-order valence-corrected chi connectivity index (χ3v) is 7.38. The van der Waals surface area contributed by atoms with E-state index in [1.54, 1.807) is 19.1 Å². The Morgan fingerprint density at radius 1 is 1.10 bits per heavy atom. The van der Waals surface area contributed by atoms with E-state index in [9.17, 15) is 18.0 Å². The molecule has 0 saturated heterocycles. The van der Waals surface area contributed by atoms with Crippen molar-refractivity contribution >= 4 is 21.8 Å². The predicted octanol–water partition coefficient (Wildman–Crippen LogP) is 3.41. The van der Waals surface area contributed by atoms with Gasteiger partial charge in [-0.05, 0) is 76.4 Å². The van der Waals surface area contributed by atoms with Crippen LogP contribution in [0.4, 0.5) is 0 Å². The van der Waals surface area contributed by atoms with Gasteiger partial charge in [0.1, 0.15) is 11.5 Å². The van der Waals surface area contributed by atoms with Crippen LogP contribution in [0.1, 0.15) is 52.9 Å². The molecule has 1 unspecified atom stereocenters. The molecule has 0 spiro atoms. The summed E-state index contributed by atoms with van der Waals surface area (Å²) in [6.45, 7) is 8.61. The molecule has 3 rings (SSSR count). The van der Waals surface area contributed by atoms with Gasteiger partial charge in [-0.2, -0.15) is 0 Å². The van der Waals surface area contributed by atoms with Gasteiger partial charge in [-0.15, -0.1) is 0 Å². The summed E-state index contributed by atoms with van der Waals surface area (Å²) >= 11 is 0. The second kappa shape index (κ2) is 8.09. The Balaban J connectivity index is 2.08. The van der Waals surface area contributed by atoms with E-state index in [-0.39, 0.29) is 10.5 Å². The normalized spacial score (nSPS) is 18.1. The second-order valence-electron chi connectivity index (χ2n) is 7.97. The molecule has 1 aliphatic rings. The van der Waals surface area contributed by atoms with Crippen LogP contribution < -0.4 is 14.2 Å². The highest BCUT2D eigenvalue weighted by Gasteiger charge is 2.42. The van der Waals surface area contributed by atoms with Crippen molar-refractivity contribution in [2.24, 2.45) is 0 Å². The number of esters is 1. The van der Waals surface area contributed by atoms with E-state index in [1.807, 2.05) is 20.8 Å². The van der Waals surface area contributed by atoms with Gasteiger partial charge in [0.05, 0.1) is 4.90 Å². The first-order chi connectivity index (χ1) is 14.4. The molecular weight excluding hydrogens is 418 g/mol. The largest absolute Gasteiger partial charge is 0.479 e. The lowest BCUT2D eigenvalue weighted by Crippen LogP contribution is -2.45. The lowest BCUT2D eigenvalue weighted by Gasteiger charge is -2.37. The molecule has 0 aliphatic carbocycles. The molecule has 2 aromatic carbocycles. The highest BCUT2D eigenvalue weighted by atomic mass is 32.2. The van der Waals surface area contributed by atoms with E-state index >= 15 is 0 Å². The monoisotopic (exact) mass is 445 g/mol. The average molecular weight is 446 g/mol. The molecule has 31 heavy (non-hydrogen) atoms. The van der Waals surface area contributed by atoms with Gasteiger partial charge in [0.2, 0.25) is 15.8 Å². The van der Waals surface area contributed by atoms with Gasteiger partial charge in [0.25, 0.3) is 0 Å². The van der Waals surface area contributed by atoms with E-state index in [0.29, 0.717) is 24.3 Å². The summed E-state index contributed by atoms with van der Waals surface area (Å²) < 4.78 is 38.8. The van der Waals surface area contributed by atoms with Gasteiger partial charge in [-0.25, -0.2) is 13.1 Å². The lowest BCUT2D eigenvalue weighted by atomic mass is 9.83. The van der Waals surface area contributed by atoms with E-state index in [1.165, 1.54) is 26.1 Å². The minimum atomic E-state index is -3.81. The molecule has 0 amide bonds. The topological polar surface area (TPSA) is 98.8 Å². The minimum Gasteiger partial charge on any atom is -0.479 e. The summed E-state index contributed by atoms with van der Waals surface area (Å²) in [6.07, 6.45) is 0.884. The molecule has 0 saturated carbocycles. The Hall–Kier alpha value is -2.71. The fourth-order valence-corrected chi connectivity index (χ4v) is 4.90. The molecule has 8 heteroatoms. The third-order valence-electron chi connectivity index (χ3n) is 5.91. The molecule has 1 atom stereocenters. The Kier molecular flexibility index (Phi) is 5.99. The maximum Gasteiger partial charge on any atom is 0.308 e. The number of benzene rings is 2. The number of ketones is 1. The Labute approximate surface area is 182 Å². The predicted molar refractivity (Wildman–Crippen MR) is 116 cm³/mol. The number of hydrogen-bond acceptors (Lipinski definition) is 6. The van der Waals surface area contributed by atoms with E-state index < -0.39 is 27.4 Å². The average Bonchev–Trinajstić information content (AvgIpc) is 2.74. The molecule has 0 radical (unpaired) electrons. The summed E-state index contributed by atoms with van der Waals surface area (Å²) in [6, 6.07) is 6.12. The molecule has 0 bridgehead atoms. The van der Waals surface area contributed by atoms with Crippen molar-refractivity contribution in [1.82, 2.24) is 4.72 Å². The molecule has 1 aliphatic heterocycles. The van der Waals surface area contributed by atoms with E-state index in [2.05, 4.69) is 4.72 Å². The molecule has 7 nitrogen and oxygen atoms in total. The molecule has 0 fully saturated rings. The van der Waals surface area contributed by atoms with Crippen molar-refractivity contribution in [3.8, 4) is 11.5 Å². The number of carbonyl (C=O) groups is 2. The van der Waals surface area contributed by atoms with E-state index in [4.69, 9.17) is 9.47 Å². The molecular formula is C23H27NO6S. The SMILES string of the molecule is CNS(=O)(=O)c1ccccc1C(=O)C1(C)CCc2c(C)c(OC(C)=O)c(C)c(C)c2O1. The summed E-state index contributed by atoms with van der Waals surface area (Å²) in [5.74, 6) is 0.311. The van der Waals surface area contributed by atoms with Gasteiger partial charge in [-0.3, -0.25) is 9.59 Å². The first-order valence-corrected chi connectivity index (χ1v) is 11.5. The summed E-state index contributed by atoms with van der Waals surface area (Å²) in [5, 5.41) is 0. The van der Waals surface area contributed by atoms with Crippen LogP contribution in [0.2, 0.25) is 0 Å². The molecule has 2 aromatic rings. The number of fused-ring (bicyclic) bond motifs is 1. The zero-order valence-corrected chi connectivity index (χ0v) is 19.4. The van der Waals surface area contributed by atoms with Crippen LogP contribution in [-0.2, 0) is 21.2 Å². The third kappa shape index (κ3) is 3.97. The molecule has 166 valence electrons. The lowest BCUT2D eigenvalue weighted by molar-refractivity contribution is -0.132. The van der Waals surface area contributed by atoms with Gasteiger partial charge < -0.3 is 9.47 Å². The van der Waals surface area contributed by atoms with Gasteiger partial charge in [0, 0.05) is 18.1 Å². The Morgan fingerprint density at radius 2 is 1.74 bits per heavy atom. The zero-order valence-electron chi connectivity index (χ0n) is 18.6. The minimum absolute atomic E-state index is 0.0765. The number of carbonyl (C=O) groups excluding carboxylic acids is 2. The van der Waals surface area contributed by atoms with Gasteiger partial charge >= 0.3 is 5.97 Å². The first kappa shape index (κ1) is 23.0. The van der Waals surface area contributed by atoms with Gasteiger partial charge in [-0.1, -0.05) is 12.1 Å². The number of hydrogen-bond donors (Lipinski definition) is 1. The van der Waals surface area contributed by atoms with Crippen molar-refractivity contribution in [2.75, 3.05) is 7.05 Å². The van der Waals surface area contributed by atoms with Crippen molar-refractivity contribution in [2.45, 2.75) is 58.0 Å². The van der Waals surface area contributed by atoms with Crippen molar-refractivity contribution < 1.29 is 27.5 Å². The number of ether oxygens (including phenoxy) is 2. The fourth-order valence-electron chi connectivity index (χ4n) is 3.97.